The van der Waals surface area contributed by atoms with Gasteiger partial charge in [-0.05, 0) is 36.2 Å². The Morgan fingerprint density at radius 3 is 2.83 bits per heavy atom. The van der Waals surface area contributed by atoms with Crippen molar-refractivity contribution in [1.29, 1.82) is 0 Å². The Balaban J connectivity index is 2.66. The van der Waals surface area contributed by atoms with E-state index in [2.05, 4.69) is 11.4 Å². The first-order valence-corrected chi connectivity index (χ1v) is 5.09. The highest BCUT2D eigenvalue weighted by molar-refractivity contribution is 7.07. The van der Waals surface area contributed by atoms with Gasteiger partial charge in [0.05, 0.1) is 6.10 Å². The first-order chi connectivity index (χ1) is 5.75. The molecule has 0 bridgehead atoms. The smallest absolute Gasteiger partial charge is 0.0980 e. The largest absolute Gasteiger partial charge is 0.372 e. The topological polar surface area (TPSA) is 35.2 Å². The van der Waals surface area contributed by atoms with E-state index < -0.39 is 0 Å². The molecule has 0 saturated heterocycles. The molecule has 0 aromatic carbocycles. The molecule has 2 atom stereocenters. The van der Waals surface area contributed by atoms with Crippen molar-refractivity contribution < 1.29 is 4.74 Å². The number of hydrogen-bond donors (Lipinski definition) is 1. The van der Waals surface area contributed by atoms with Crippen LogP contribution >= 0.6 is 11.3 Å². The molecule has 0 aliphatic carbocycles. The second kappa shape index (κ2) is 4.60. The van der Waals surface area contributed by atoms with Gasteiger partial charge in [0.1, 0.15) is 0 Å². The van der Waals surface area contributed by atoms with Gasteiger partial charge in [0.15, 0.2) is 0 Å². The maximum atomic E-state index is 5.79. The fourth-order valence-electron chi connectivity index (χ4n) is 1.17. The van der Waals surface area contributed by atoms with Gasteiger partial charge in [-0.1, -0.05) is 0 Å². The van der Waals surface area contributed by atoms with Crippen LogP contribution in [0.3, 0.4) is 0 Å². The quantitative estimate of drug-likeness (QED) is 0.780. The zero-order valence-corrected chi connectivity index (χ0v) is 8.30. The van der Waals surface area contributed by atoms with Gasteiger partial charge in [0.2, 0.25) is 0 Å². The summed E-state index contributed by atoms with van der Waals surface area (Å²) in [5.74, 6) is 0. The highest BCUT2D eigenvalue weighted by Gasteiger charge is 2.15. The van der Waals surface area contributed by atoms with Crippen LogP contribution in [0.2, 0.25) is 0 Å². The molecule has 2 unspecified atom stereocenters. The van der Waals surface area contributed by atoms with E-state index in [1.54, 1.807) is 11.3 Å². The summed E-state index contributed by atoms with van der Waals surface area (Å²) in [4.78, 5) is 0. The molecular weight excluding hydrogens is 170 g/mol. The molecule has 2 N–H and O–H groups in total. The lowest BCUT2D eigenvalue weighted by atomic mass is 10.1. The minimum Gasteiger partial charge on any atom is -0.372 e. The first-order valence-electron chi connectivity index (χ1n) is 4.15. The van der Waals surface area contributed by atoms with Crippen molar-refractivity contribution >= 4 is 11.3 Å². The van der Waals surface area contributed by atoms with Gasteiger partial charge in [0, 0.05) is 12.6 Å². The molecule has 2 nitrogen and oxygen atoms in total. The molecule has 0 aliphatic rings. The van der Waals surface area contributed by atoms with Crippen LogP contribution in [0.5, 0.6) is 0 Å². The molecule has 0 aliphatic heterocycles. The van der Waals surface area contributed by atoms with E-state index in [9.17, 15) is 0 Å². The normalized spacial score (nSPS) is 15.9. The summed E-state index contributed by atoms with van der Waals surface area (Å²) in [5.41, 5.74) is 6.99. The molecule has 68 valence electrons. The van der Waals surface area contributed by atoms with E-state index in [1.165, 1.54) is 5.56 Å². The first kappa shape index (κ1) is 9.71. The van der Waals surface area contributed by atoms with Crippen LogP contribution in [0.15, 0.2) is 16.8 Å². The molecule has 3 heteroatoms. The Morgan fingerprint density at radius 2 is 2.42 bits per heavy atom. The molecule has 1 aromatic rings. The predicted molar refractivity (Wildman–Crippen MR) is 52.3 cm³/mol. The van der Waals surface area contributed by atoms with Gasteiger partial charge < -0.3 is 10.5 Å². The van der Waals surface area contributed by atoms with E-state index in [1.807, 2.05) is 19.2 Å². The van der Waals surface area contributed by atoms with Gasteiger partial charge in [-0.2, -0.15) is 11.3 Å². The SMILES string of the molecule is CCOC(c1ccsc1)C(C)N. The van der Waals surface area contributed by atoms with Gasteiger partial charge in [-0.15, -0.1) is 0 Å². The zero-order chi connectivity index (χ0) is 8.97. The minimum absolute atomic E-state index is 0.0551. The average Bonchev–Trinajstić information content (AvgIpc) is 2.51. The third-order valence-corrected chi connectivity index (χ3v) is 2.40. The van der Waals surface area contributed by atoms with Crippen LogP contribution in [0, 0.1) is 0 Å². The van der Waals surface area contributed by atoms with Crippen LogP contribution in [-0.4, -0.2) is 12.6 Å². The molecule has 1 rings (SSSR count). The average molecular weight is 185 g/mol. The third kappa shape index (κ3) is 2.30. The summed E-state index contributed by atoms with van der Waals surface area (Å²) < 4.78 is 5.53. The molecule has 0 spiro atoms. The standard InChI is InChI=1S/C9H15NOS/c1-3-11-9(7(2)10)8-4-5-12-6-8/h4-7,9H,3,10H2,1-2H3. The molecule has 1 aromatic heterocycles. The molecule has 12 heavy (non-hydrogen) atoms. The molecule has 0 fully saturated rings. The van der Waals surface area contributed by atoms with Crippen molar-refractivity contribution in [3.63, 3.8) is 0 Å². The highest BCUT2D eigenvalue weighted by Crippen LogP contribution is 2.22. The second-order valence-electron chi connectivity index (χ2n) is 2.79. The Kier molecular flexibility index (Phi) is 3.72. The van der Waals surface area contributed by atoms with E-state index in [-0.39, 0.29) is 12.1 Å². The maximum Gasteiger partial charge on any atom is 0.0980 e. The number of hydrogen-bond acceptors (Lipinski definition) is 3. The molecule has 1 heterocycles. The van der Waals surface area contributed by atoms with Crippen molar-refractivity contribution in [3.8, 4) is 0 Å². The van der Waals surface area contributed by atoms with Crippen molar-refractivity contribution in [1.82, 2.24) is 0 Å². The van der Waals surface area contributed by atoms with Crippen LogP contribution in [0.25, 0.3) is 0 Å². The highest BCUT2D eigenvalue weighted by atomic mass is 32.1. The Labute approximate surface area is 77.3 Å². The van der Waals surface area contributed by atoms with Crippen LogP contribution in [-0.2, 0) is 4.74 Å². The van der Waals surface area contributed by atoms with E-state index in [4.69, 9.17) is 10.5 Å². The van der Waals surface area contributed by atoms with Crippen LogP contribution < -0.4 is 5.73 Å². The summed E-state index contributed by atoms with van der Waals surface area (Å²) in [6.45, 7) is 4.67. The van der Waals surface area contributed by atoms with E-state index >= 15 is 0 Å². The predicted octanol–water partition coefficient (Wildman–Crippen LogP) is 2.17. The maximum absolute atomic E-state index is 5.79. The second-order valence-corrected chi connectivity index (χ2v) is 3.57. The van der Waals surface area contributed by atoms with Gasteiger partial charge >= 0.3 is 0 Å². The summed E-state index contributed by atoms with van der Waals surface area (Å²) in [6, 6.07) is 2.12. The number of nitrogens with two attached hydrogens (primary N) is 1. The minimum atomic E-state index is 0.0551. The molecule has 0 saturated carbocycles. The molecular formula is C9H15NOS. The van der Waals surface area contributed by atoms with E-state index in [0.717, 1.165) is 0 Å². The Morgan fingerprint density at radius 1 is 1.67 bits per heavy atom. The van der Waals surface area contributed by atoms with Crippen LogP contribution in [0.4, 0.5) is 0 Å². The monoisotopic (exact) mass is 185 g/mol. The van der Waals surface area contributed by atoms with Crippen molar-refractivity contribution in [2.45, 2.75) is 26.0 Å². The summed E-state index contributed by atoms with van der Waals surface area (Å²) >= 11 is 1.68. The fourth-order valence-corrected chi connectivity index (χ4v) is 1.85. The van der Waals surface area contributed by atoms with Gasteiger partial charge in [0.25, 0.3) is 0 Å². The number of thiophene rings is 1. The zero-order valence-electron chi connectivity index (χ0n) is 7.49. The van der Waals surface area contributed by atoms with Gasteiger partial charge in [-0.3, -0.25) is 0 Å². The molecule has 0 radical (unpaired) electrons. The summed E-state index contributed by atoms with van der Waals surface area (Å²) in [5, 5.41) is 4.13. The Hall–Kier alpha value is -0.380. The lowest BCUT2D eigenvalue weighted by Crippen LogP contribution is -2.26. The Bertz CT molecular complexity index is 208. The number of ether oxygens (including phenoxy) is 1. The lowest BCUT2D eigenvalue weighted by molar-refractivity contribution is 0.0478. The van der Waals surface area contributed by atoms with Crippen molar-refractivity contribution in [2.75, 3.05) is 6.61 Å². The lowest BCUT2D eigenvalue weighted by Gasteiger charge is -2.19. The summed E-state index contributed by atoms with van der Waals surface area (Å²) in [7, 11) is 0. The molecule has 0 amide bonds. The van der Waals surface area contributed by atoms with Crippen molar-refractivity contribution in [2.24, 2.45) is 5.73 Å². The number of rotatable bonds is 4. The third-order valence-electron chi connectivity index (χ3n) is 1.70. The van der Waals surface area contributed by atoms with Crippen LogP contribution in [0.1, 0.15) is 25.5 Å². The van der Waals surface area contributed by atoms with E-state index in [0.29, 0.717) is 6.61 Å². The summed E-state index contributed by atoms with van der Waals surface area (Å²) in [6.07, 6.45) is 0.0567. The van der Waals surface area contributed by atoms with Gasteiger partial charge in [-0.25, -0.2) is 0 Å². The fraction of sp³-hybridized carbons (Fsp3) is 0.556. The van der Waals surface area contributed by atoms with Crippen molar-refractivity contribution in [3.05, 3.63) is 22.4 Å².